The molecule has 0 saturated heterocycles. The maximum atomic E-state index is 13.1. The van der Waals surface area contributed by atoms with Crippen molar-refractivity contribution < 1.29 is 14.3 Å². The summed E-state index contributed by atoms with van der Waals surface area (Å²) in [4.78, 5) is 42.8. The molecule has 1 unspecified atom stereocenters. The maximum absolute atomic E-state index is 13.1. The van der Waals surface area contributed by atoms with Crippen molar-refractivity contribution in [2.75, 3.05) is 7.11 Å². The number of carbonyl (C=O) groups is 2. The number of nitrogens with one attached hydrogen (secondary N) is 1. The van der Waals surface area contributed by atoms with Gasteiger partial charge in [-0.15, -0.1) is 0 Å². The second-order valence-electron chi connectivity index (χ2n) is 8.24. The average Bonchev–Trinajstić information content (AvgIpc) is 2.80. The fourth-order valence-electron chi connectivity index (χ4n) is 4.18. The molecular weight excluding hydrogens is 442 g/mol. The van der Waals surface area contributed by atoms with Crippen LogP contribution in [0.3, 0.4) is 0 Å². The summed E-state index contributed by atoms with van der Waals surface area (Å²) in [6.07, 6.45) is 4.93. The van der Waals surface area contributed by atoms with E-state index in [0.29, 0.717) is 28.0 Å². The third-order valence-corrected chi connectivity index (χ3v) is 6.26. The van der Waals surface area contributed by atoms with Crippen LogP contribution >= 0.6 is 11.6 Å². The number of methoxy groups -OCH3 is 1. The van der Waals surface area contributed by atoms with Crippen LogP contribution in [-0.4, -0.2) is 28.5 Å². The van der Waals surface area contributed by atoms with Crippen LogP contribution in [0.2, 0.25) is 5.02 Å². The fraction of sp³-hybridized carbons (Fsp3) is 0.360. The predicted octanol–water partition coefficient (Wildman–Crippen LogP) is 4.20. The Morgan fingerprint density at radius 1 is 1.12 bits per heavy atom. The number of esters is 1. The number of aryl methyl sites for hydroxylation is 1. The van der Waals surface area contributed by atoms with E-state index in [4.69, 9.17) is 21.3 Å². The molecule has 1 amide bonds. The van der Waals surface area contributed by atoms with Gasteiger partial charge in [-0.2, -0.15) is 0 Å². The first kappa shape index (κ1) is 23.0. The summed E-state index contributed by atoms with van der Waals surface area (Å²) in [6.45, 7) is 0.676. The van der Waals surface area contributed by atoms with Gasteiger partial charge < -0.3 is 10.1 Å². The van der Waals surface area contributed by atoms with Gasteiger partial charge in [0.1, 0.15) is 5.82 Å². The molecule has 0 saturated carbocycles. The first-order valence-corrected chi connectivity index (χ1v) is 11.5. The third kappa shape index (κ3) is 5.25. The molecule has 8 heteroatoms. The van der Waals surface area contributed by atoms with Gasteiger partial charge in [-0.05, 0) is 48.7 Å². The van der Waals surface area contributed by atoms with Crippen molar-refractivity contribution in [3.05, 3.63) is 74.8 Å². The number of fused-ring (bicyclic) bond motifs is 2. The fourth-order valence-corrected chi connectivity index (χ4v) is 4.30. The SMILES string of the molecule is COC(=O)CC(NC(=O)c1ccc2c(=O)n3c(nc2c1)CCCCCC3)c1ccc(Cl)cc1. The zero-order chi connectivity index (χ0) is 23.4. The highest BCUT2D eigenvalue weighted by Gasteiger charge is 2.21. The Morgan fingerprint density at radius 2 is 1.88 bits per heavy atom. The van der Waals surface area contributed by atoms with Crippen molar-refractivity contribution in [1.29, 1.82) is 0 Å². The van der Waals surface area contributed by atoms with E-state index >= 15 is 0 Å². The summed E-state index contributed by atoms with van der Waals surface area (Å²) >= 11 is 5.98. The van der Waals surface area contributed by atoms with E-state index in [0.717, 1.165) is 43.5 Å². The highest BCUT2D eigenvalue weighted by molar-refractivity contribution is 6.30. The Labute approximate surface area is 196 Å². The van der Waals surface area contributed by atoms with Crippen LogP contribution in [0.5, 0.6) is 0 Å². The van der Waals surface area contributed by atoms with Crippen LogP contribution < -0.4 is 10.9 Å². The summed E-state index contributed by atoms with van der Waals surface area (Å²) < 4.78 is 6.56. The zero-order valence-electron chi connectivity index (χ0n) is 18.5. The first-order valence-electron chi connectivity index (χ1n) is 11.1. The number of carbonyl (C=O) groups excluding carboxylic acids is 2. The van der Waals surface area contributed by atoms with Gasteiger partial charge in [0.25, 0.3) is 11.5 Å². The molecule has 33 heavy (non-hydrogen) atoms. The van der Waals surface area contributed by atoms with Gasteiger partial charge in [-0.3, -0.25) is 19.0 Å². The van der Waals surface area contributed by atoms with E-state index in [2.05, 4.69) is 5.32 Å². The quantitative estimate of drug-likeness (QED) is 0.568. The topological polar surface area (TPSA) is 90.3 Å². The van der Waals surface area contributed by atoms with Crippen molar-refractivity contribution in [3.63, 3.8) is 0 Å². The number of nitrogens with zero attached hydrogens (tertiary/aromatic N) is 2. The number of amides is 1. The summed E-state index contributed by atoms with van der Waals surface area (Å²) in [5.74, 6) is -0.0362. The van der Waals surface area contributed by atoms with E-state index in [1.807, 2.05) is 0 Å². The maximum Gasteiger partial charge on any atom is 0.307 e. The van der Waals surface area contributed by atoms with Gasteiger partial charge in [0.05, 0.1) is 30.5 Å². The number of aromatic nitrogens is 2. The summed E-state index contributed by atoms with van der Waals surface area (Å²) in [5, 5.41) is 3.96. The van der Waals surface area contributed by atoms with E-state index < -0.39 is 12.0 Å². The molecule has 0 fully saturated rings. The van der Waals surface area contributed by atoms with Crippen LogP contribution in [0.4, 0.5) is 0 Å². The van der Waals surface area contributed by atoms with Gasteiger partial charge in [-0.25, -0.2) is 4.98 Å². The molecule has 2 heterocycles. The summed E-state index contributed by atoms with van der Waals surface area (Å²) in [6, 6.07) is 11.3. The minimum absolute atomic E-state index is 0.0233. The summed E-state index contributed by atoms with van der Waals surface area (Å²) in [7, 11) is 1.31. The van der Waals surface area contributed by atoms with Gasteiger partial charge in [0.2, 0.25) is 0 Å². The molecule has 7 nitrogen and oxygen atoms in total. The lowest BCUT2D eigenvalue weighted by Crippen LogP contribution is -2.31. The van der Waals surface area contributed by atoms with E-state index in [-0.39, 0.29) is 17.9 Å². The highest BCUT2D eigenvalue weighted by atomic mass is 35.5. The van der Waals surface area contributed by atoms with E-state index in [1.54, 1.807) is 47.0 Å². The monoisotopic (exact) mass is 467 g/mol. The van der Waals surface area contributed by atoms with Crippen molar-refractivity contribution in [1.82, 2.24) is 14.9 Å². The molecule has 3 aromatic rings. The molecule has 1 aromatic heterocycles. The smallest absolute Gasteiger partial charge is 0.307 e. The second-order valence-corrected chi connectivity index (χ2v) is 8.68. The van der Waals surface area contributed by atoms with Gasteiger partial charge in [-0.1, -0.05) is 36.6 Å². The van der Waals surface area contributed by atoms with Gasteiger partial charge >= 0.3 is 5.97 Å². The predicted molar refractivity (Wildman–Crippen MR) is 126 cm³/mol. The van der Waals surface area contributed by atoms with Crippen LogP contribution in [0.1, 0.15) is 59.9 Å². The molecule has 0 aliphatic carbocycles. The third-order valence-electron chi connectivity index (χ3n) is 6.00. The van der Waals surface area contributed by atoms with Gasteiger partial charge in [0.15, 0.2) is 0 Å². The first-order chi connectivity index (χ1) is 16.0. The molecule has 2 aromatic carbocycles. The molecule has 1 aliphatic heterocycles. The molecule has 0 spiro atoms. The van der Waals surface area contributed by atoms with Crippen LogP contribution in [0.25, 0.3) is 10.9 Å². The van der Waals surface area contributed by atoms with Crippen LogP contribution in [0.15, 0.2) is 47.3 Å². The standard InChI is InChI=1S/C25H26ClN3O4/c1-33-23(30)15-20(16-7-10-18(26)11-8-16)28-24(31)17-9-12-19-21(14-17)27-22-6-4-2-3-5-13-29(22)25(19)32/h7-12,14,20H,2-6,13,15H2,1H3,(H,28,31). The number of hydrogen-bond donors (Lipinski definition) is 1. The Morgan fingerprint density at radius 3 is 2.64 bits per heavy atom. The number of rotatable bonds is 5. The van der Waals surface area contributed by atoms with Gasteiger partial charge in [0, 0.05) is 23.6 Å². The number of ether oxygens (including phenoxy) is 1. The molecule has 0 radical (unpaired) electrons. The highest BCUT2D eigenvalue weighted by Crippen LogP contribution is 2.22. The number of benzene rings is 2. The average molecular weight is 468 g/mol. The largest absolute Gasteiger partial charge is 0.469 e. The Kier molecular flexibility index (Phi) is 7.08. The van der Waals surface area contributed by atoms with Crippen molar-refractivity contribution in [2.24, 2.45) is 0 Å². The molecular formula is C25H26ClN3O4. The lowest BCUT2D eigenvalue weighted by atomic mass is 10.0. The summed E-state index contributed by atoms with van der Waals surface area (Å²) in [5.41, 5.74) is 1.55. The van der Waals surface area contributed by atoms with Crippen molar-refractivity contribution in [2.45, 2.75) is 51.1 Å². The molecule has 1 N–H and O–H groups in total. The Bertz CT molecular complexity index is 1240. The minimum atomic E-state index is -0.590. The van der Waals surface area contributed by atoms with E-state index in [1.165, 1.54) is 7.11 Å². The van der Waals surface area contributed by atoms with E-state index in [9.17, 15) is 14.4 Å². The van der Waals surface area contributed by atoms with Crippen LogP contribution in [0, 0.1) is 0 Å². The van der Waals surface area contributed by atoms with Crippen molar-refractivity contribution in [3.8, 4) is 0 Å². The molecule has 0 bridgehead atoms. The number of hydrogen-bond acceptors (Lipinski definition) is 5. The molecule has 1 atom stereocenters. The van der Waals surface area contributed by atoms with Crippen LogP contribution in [-0.2, 0) is 22.5 Å². The Balaban J connectivity index is 1.64. The lowest BCUT2D eigenvalue weighted by molar-refractivity contribution is -0.141. The number of halogens is 1. The zero-order valence-corrected chi connectivity index (χ0v) is 19.2. The molecule has 172 valence electrons. The van der Waals surface area contributed by atoms with Crippen molar-refractivity contribution >= 4 is 34.4 Å². The molecule has 4 rings (SSSR count). The Hall–Kier alpha value is -3.19. The lowest BCUT2D eigenvalue weighted by Gasteiger charge is -2.19. The second kappa shape index (κ2) is 10.2. The molecule has 1 aliphatic rings. The normalized spacial score (nSPS) is 14.6. The minimum Gasteiger partial charge on any atom is -0.469 e.